The molecule has 0 saturated carbocycles. The largest absolute Gasteiger partial charge is 0.508 e. The molecule has 2 aromatic heterocycles. The Morgan fingerprint density at radius 3 is 2.52 bits per heavy atom. The van der Waals surface area contributed by atoms with Gasteiger partial charge in [0.15, 0.2) is 0 Å². The van der Waals surface area contributed by atoms with Gasteiger partial charge in [0.1, 0.15) is 30.2 Å². The molecule has 2 saturated heterocycles. The number of fused-ring (bicyclic) bond motifs is 6. The summed E-state index contributed by atoms with van der Waals surface area (Å²) in [6.45, 7) is 14.3. The summed E-state index contributed by atoms with van der Waals surface area (Å²) in [5.74, 6) is -3.07. The lowest BCUT2D eigenvalue weighted by Crippen LogP contribution is -2.62. The number of rotatable bonds is 9. The number of hydrogen-bond acceptors (Lipinski definition) is 11. The lowest BCUT2D eigenvalue weighted by atomic mass is 9.84. The van der Waals surface area contributed by atoms with Crippen molar-refractivity contribution in [3.63, 3.8) is 0 Å². The zero-order valence-corrected chi connectivity index (χ0v) is 37.7. The third kappa shape index (κ3) is 9.50. The molecule has 4 aromatic rings. The molecule has 17 heteroatoms. The SMILES string of the molecule is C=CS(=O)(=O)N1CC[C@H](C(=O)N(C)[C@H](C(=O)N[C@H]2Cc3cc(O)cc(c3)-c3ccc4c(c3)c(c(-c3cncnc3)n4CC)CC(C)(C)COC(=O)[C@@H]3CCCN(N3)C2=O)C(C)C)C1. The van der Waals surface area contributed by atoms with Crippen LogP contribution < -0.4 is 10.7 Å². The zero-order chi connectivity index (χ0) is 45.4. The summed E-state index contributed by atoms with van der Waals surface area (Å²) < 4.78 is 34.4. The highest BCUT2D eigenvalue weighted by atomic mass is 32.2. The van der Waals surface area contributed by atoms with Crippen molar-refractivity contribution in [2.75, 3.05) is 33.3 Å². The molecule has 3 N–H and O–H groups in total. The van der Waals surface area contributed by atoms with Gasteiger partial charge in [-0.25, -0.2) is 23.8 Å². The molecular formula is C46H58N8O8S. The molecule has 63 heavy (non-hydrogen) atoms. The van der Waals surface area contributed by atoms with E-state index in [9.17, 15) is 32.7 Å². The fourth-order valence-electron chi connectivity index (χ4n) is 9.33. The molecule has 7 rings (SSSR count). The second kappa shape index (κ2) is 18.2. The fourth-order valence-corrected chi connectivity index (χ4v) is 10.3. The van der Waals surface area contributed by atoms with Gasteiger partial charge in [0, 0.05) is 79.3 Å². The third-order valence-electron chi connectivity index (χ3n) is 12.4. The molecule has 0 radical (unpaired) electrons. The number of phenols is 1. The van der Waals surface area contributed by atoms with E-state index in [-0.39, 0.29) is 50.7 Å². The molecule has 2 aromatic carbocycles. The van der Waals surface area contributed by atoms with E-state index < -0.39 is 63.2 Å². The molecule has 3 amide bonds. The summed E-state index contributed by atoms with van der Waals surface area (Å²) in [7, 11) is -2.21. The van der Waals surface area contributed by atoms with Gasteiger partial charge in [0.05, 0.1) is 18.2 Å². The maximum atomic E-state index is 14.6. The maximum absolute atomic E-state index is 14.6. The number of amides is 3. The van der Waals surface area contributed by atoms with Crippen molar-refractivity contribution >= 4 is 44.6 Å². The molecule has 0 aliphatic carbocycles. The van der Waals surface area contributed by atoms with Crippen LogP contribution in [0.5, 0.6) is 5.75 Å². The summed E-state index contributed by atoms with van der Waals surface area (Å²) in [6, 6.07) is 8.22. The van der Waals surface area contributed by atoms with Crippen molar-refractivity contribution in [2.24, 2.45) is 17.3 Å². The number of hydrazine groups is 1. The van der Waals surface area contributed by atoms with Crippen LogP contribution in [-0.4, -0.2) is 117 Å². The molecule has 5 heterocycles. The van der Waals surface area contributed by atoms with E-state index in [0.717, 1.165) is 38.7 Å². The number of benzene rings is 2. The molecule has 4 atom stereocenters. The molecular weight excluding hydrogens is 825 g/mol. The highest BCUT2D eigenvalue weighted by Gasteiger charge is 2.41. The van der Waals surface area contributed by atoms with E-state index in [2.05, 4.69) is 50.9 Å². The van der Waals surface area contributed by atoms with Crippen LogP contribution >= 0.6 is 0 Å². The average molecular weight is 883 g/mol. The Morgan fingerprint density at radius 2 is 1.83 bits per heavy atom. The van der Waals surface area contributed by atoms with Crippen molar-refractivity contribution in [3.8, 4) is 28.1 Å². The van der Waals surface area contributed by atoms with Crippen LogP contribution in [-0.2, 0) is 53.3 Å². The number of nitrogens with zero attached hydrogens (tertiary/aromatic N) is 6. The number of cyclic esters (lactones) is 1. The number of esters is 1. The van der Waals surface area contributed by atoms with Gasteiger partial charge in [0.2, 0.25) is 21.8 Å². The quantitative estimate of drug-likeness (QED) is 0.202. The topological polar surface area (TPSA) is 196 Å². The number of nitrogens with one attached hydrogen (secondary N) is 2. The molecule has 16 nitrogen and oxygen atoms in total. The smallest absolute Gasteiger partial charge is 0.324 e. The second-order valence-electron chi connectivity index (χ2n) is 18.0. The average Bonchev–Trinajstić information content (AvgIpc) is 3.88. The van der Waals surface area contributed by atoms with Gasteiger partial charge in [-0.15, -0.1) is 0 Å². The number of aryl methyl sites for hydroxylation is 1. The van der Waals surface area contributed by atoms with Crippen LogP contribution in [0.2, 0.25) is 0 Å². The molecule has 0 unspecified atom stereocenters. The molecule has 336 valence electrons. The highest BCUT2D eigenvalue weighted by molar-refractivity contribution is 7.92. The minimum Gasteiger partial charge on any atom is -0.508 e. The van der Waals surface area contributed by atoms with Gasteiger partial charge >= 0.3 is 5.97 Å². The Morgan fingerprint density at radius 1 is 1.08 bits per heavy atom. The van der Waals surface area contributed by atoms with Crippen LogP contribution in [0.1, 0.15) is 65.0 Å². The van der Waals surface area contributed by atoms with E-state index in [0.29, 0.717) is 36.9 Å². The Labute approximate surface area is 368 Å². The first kappa shape index (κ1) is 45.4. The van der Waals surface area contributed by atoms with E-state index in [1.807, 2.05) is 26.0 Å². The van der Waals surface area contributed by atoms with Crippen LogP contribution in [0.25, 0.3) is 33.3 Å². The molecule has 6 bridgehead atoms. The number of carbonyl (C=O) groups is 4. The highest BCUT2D eigenvalue weighted by Crippen LogP contribution is 2.40. The first-order chi connectivity index (χ1) is 29.9. The van der Waals surface area contributed by atoms with Gasteiger partial charge in [-0.2, -0.15) is 4.31 Å². The van der Waals surface area contributed by atoms with Gasteiger partial charge in [-0.05, 0) is 85.0 Å². The standard InChI is InChI=1S/C46H58N8O8S/c1-8-53-39-13-12-30-21-35(39)36(41(53)33-23-47-27-48-24-33)22-46(5,6)26-62-45(59)37-11-10-15-54(50-37)44(58)38(19-29-17-32(30)20-34(55)18-29)49-42(56)40(28(3)4)51(7)43(57)31-14-16-52(25-31)63(60,61)9-2/h9,12-13,17-18,20-21,23-24,27-28,31,37-38,40,50,55H,2,8,10-11,14-16,19,22,25-26H2,1,3-7H3,(H,49,56)/t31-,37-,38-,40-/m0/s1. The van der Waals surface area contributed by atoms with E-state index >= 15 is 0 Å². The molecule has 0 spiro atoms. The van der Waals surface area contributed by atoms with Crippen LogP contribution in [0, 0.1) is 17.3 Å². The van der Waals surface area contributed by atoms with Crippen molar-refractivity contribution in [2.45, 2.75) is 91.4 Å². The normalized spacial score (nSPS) is 21.4. The number of likely N-dealkylation sites (N-methyl/N-ethyl adjacent to an activating group) is 1. The van der Waals surface area contributed by atoms with Gasteiger partial charge in [0.25, 0.3) is 5.91 Å². The predicted octanol–water partition coefficient (Wildman–Crippen LogP) is 4.42. The second-order valence-corrected chi connectivity index (χ2v) is 19.9. The Bertz CT molecular complexity index is 2520. The number of aromatic hydroxyl groups is 1. The van der Waals surface area contributed by atoms with Gasteiger partial charge in [-0.1, -0.05) is 46.4 Å². The van der Waals surface area contributed by atoms with E-state index in [1.54, 1.807) is 38.4 Å². The summed E-state index contributed by atoms with van der Waals surface area (Å²) in [6.07, 6.45) is 6.79. The first-order valence-corrected chi connectivity index (χ1v) is 23.1. The van der Waals surface area contributed by atoms with Crippen LogP contribution in [0.15, 0.2) is 67.1 Å². The Kier molecular flexibility index (Phi) is 13.1. The van der Waals surface area contributed by atoms with Gasteiger partial charge < -0.3 is 24.6 Å². The Balaban J connectivity index is 1.28. The number of phenolic OH excluding ortho intramolecular Hbond substituents is 1. The van der Waals surface area contributed by atoms with Crippen molar-refractivity contribution in [1.82, 2.24) is 39.5 Å². The fraction of sp³-hybridized carbons (Fsp3) is 0.478. The van der Waals surface area contributed by atoms with Crippen molar-refractivity contribution < 1.29 is 37.4 Å². The minimum absolute atomic E-state index is 0.0301. The summed E-state index contributed by atoms with van der Waals surface area (Å²) in [5.41, 5.74) is 8.48. The molecule has 3 aliphatic heterocycles. The van der Waals surface area contributed by atoms with E-state index in [4.69, 9.17) is 4.74 Å². The minimum atomic E-state index is -3.73. The number of hydrogen-bond donors (Lipinski definition) is 3. The monoisotopic (exact) mass is 882 g/mol. The van der Waals surface area contributed by atoms with Crippen molar-refractivity contribution in [1.29, 1.82) is 0 Å². The maximum Gasteiger partial charge on any atom is 0.324 e. The lowest BCUT2D eigenvalue weighted by molar-refractivity contribution is -0.155. The Hall–Kier alpha value is -5.65. The van der Waals surface area contributed by atoms with Crippen LogP contribution in [0.4, 0.5) is 0 Å². The third-order valence-corrected chi connectivity index (χ3v) is 13.9. The van der Waals surface area contributed by atoms with Gasteiger partial charge in [-0.3, -0.25) is 24.2 Å². The van der Waals surface area contributed by atoms with Crippen LogP contribution in [0.3, 0.4) is 0 Å². The molecule has 2 fully saturated rings. The zero-order valence-electron chi connectivity index (χ0n) is 36.8. The number of sulfonamides is 1. The number of carbonyl (C=O) groups excluding carboxylic acids is 4. The first-order valence-electron chi connectivity index (χ1n) is 21.6. The summed E-state index contributed by atoms with van der Waals surface area (Å²) in [4.78, 5) is 66.7. The van der Waals surface area contributed by atoms with Crippen molar-refractivity contribution in [3.05, 3.63) is 78.2 Å². The number of ether oxygens (including phenoxy) is 1. The number of aromatic nitrogens is 3. The summed E-state index contributed by atoms with van der Waals surface area (Å²) >= 11 is 0. The summed E-state index contributed by atoms with van der Waals surface area (Å²) in [5, 5.41) is 17.4. The predicted molar refractivity (Wildman–Crippen MR) is 238 cm³/mol. The van der Waals surface area contributed by atoms with E-state index in [1.165, 1.54) is 27.6 Å². The lowest BCUT2D eigenvalue weighted by Gasteiger charge is -2.37. The molecule has 3 aliphatic rings.